The fourth-order valence-corrected chi connectivity index (χ4v) is 7.39. The highest BCUT2D eigenvalue weighted by Gasteiger charge is 2.21. The van der Waals surface area contributed by atoms with Crippen LogP contribution in [-0.2, 0) is 0 Å². The van der Waals surface area contributed by atoms with Gasteiger partial charge in [0.25, 0.3) is 0 Å². The Morgan fingerprint density at radius 1 is 0.490 bits per heavy atom. The molecule has 0 saturated heterocycles. The molecule has 5 heteroatoms. The van der Waals surface area contributed by atoms with E-state index in [-0.39, 0.29) is 0 Å². The highest BCUT2D eigenvalue weighted by atomic mass is 15.2. The van der Waals surface area contributed by atoms with Crippen LogP contribution in [-0.4, -0.2) is 19.5 Å². The van der Waals surface area contributed by atoms with Crippen LogP contribution in [0.1, 0.15) is 0 Å². The van der Waals surface area contributed by atoms with Gasteiger partial charge in [0.1, 0.15) is 0 Å². The van der Waals surface area contributed by atoms with Crippen LogP contribution >= 0.6 is 0 Å². The summed E-state index contributed by atoms with van der Waals surface area (Å²) in [4.78, 5) is 18.7. The lowest BCUT2D eigenvalue weighted by Gasteiger charge is -2.12. The molecule has 3 heterocycles. The van der Waals surface area contributed by atoms with E-state index in [1.165, 1.54) is 16.2 Å². The van der Waals surface area contributed by atoms with Gasteiger partial charge in [0.2, 0.25) is 5.95 Å². The lowest BCUT2D eigenvalue weighted by Crippen LogP contribution is -2.04. The minimum absolute atomic E-state index is 0.570. The first-order valence-electron chi connectivity index (χ1n) is 16.9. The number of fused-ring (bicyclic) bond motifs is 6. The van der Waals surface area contributed by atoms with Gasteiger partial charge in [-0.15, -0.1) is 0 Å². The maximum absolute atomic E-state index is 7.28. The van der Waals surface area contributed by atoms with E-state index in [9.17, 15) is 0 Å². The Morgan fingerprint density at radius 2 is 1.16 bits per heavy atom. The standard InChI is InChI=1S/C46H27N5/c1-47-37-23-21-31(22-24-37)30-15-18-32(19-16-30)44-39-13-7-25-48-45(39)50-46(49-44)51-41-14-6-12-38(36-20-17-29-8-2-3-9-33(29)26-36)43(41)40-27-34-10-4-5-11-35(34)28-42(40)51/h2-28H. The first kappa shape index (κ1) is 28.8. The molecule has 0 fully saturated rings. The highest BCUT2D eigenvalue weighted by Crippen LogP contribution is 2.41. The van der Waals surface area contributed by atoms with Gasteiger partial charge in [0.15, 0.2) is 11.3 Å². The summed E-state index contributed by atoms with van der Waals surface area (Å²) in [5.41, 5.74) is 9.59. The molecule has 0 N–H and O–H groups in total. The Balaban J connectivity index is 1.22. The molecule has 0 amide bonds. The molecule has 0 aliphatic heterocycles. The predicted molar refractivity (Wildman–Crippen MR) is 209 cm³/mol. The van der Waals surface area contributed by atoms with Crippen LogP contribution in [0.3, 0.4) is 0 Å². The van der Waals surface area contributed by atoms with Gasteiger partial charge in [-0.05, 0) is 80.2 Å². The van der Waals surface area contributed by atoms with Gasteiger partial charge in [-0.25, -0.2) is 14.8 Å². The third kappa shape index (κ3) is 4.74. The van der Waals surface area contributed by atoms with Crippen molar-refractivity contribution in [1.29, 1.82) is 0 Å². The zero-order chi connectivity index (χ0) is 33.9. The molecule has 0 aliphatic carbocycles. The largest absolute Gasteiger partial charge is 0.278 e. The molecule has 10 rings (SSSR count). The van der Waals surface area contributed by atoms with Crippen molar-refractivity contribution in [2.24, 2.45) is 0 Å². The Labute approximate surface area is 293 Å². The molecule has 10 aromatic rings. The molecule has 0 unspecified atom stereocenters. The molecule has 0 saturated carbocycles. The summed E-state index contributed by atoms with van der Waals surface area (Å²) in [6.07, 6.45) is 1.79. The minimum Gasteiger partial charge on any atom is -0.278 e. The van der Waals surface area contributed by atoms with Crippen LogP contribution in [0, 0.1) is 6.57 Å². The van der Waals surface area contributed by atoms with E-state index < -0.39 is 0 Å². The molecule has 0 bridgehead atoms. The van der Waals surface area contributed by atoms with Gasteiger partial charge in [-0.1, -0.05) is 121 Å². The van der Waals surface area contributed by atoms with Gasteiger partial charge in [0.05, 0.1) is 23.3 Å². The molecule has 0 radical (unpaired) electrons. The fraction of sp³-hybridized carbons (Fsp3) is 0. The Hall–Kier alpha value is -7.16. The SMILES string of the molecule is [C-]#[N+]c1ccc(-c2ccc(-c3nc(-n4c5cc6ccccc6cc5c5c(-c6ccc7ccccc7c6)cccc54)nc4ncccc34)cc2)cc1. The van der Waals surface area contributed by atoms with Crippen molar-refractivity contribution in [2.75, 3.05) is 0 Å². The quantitative estimate of drug-likeness (QED) is 0.178. The summed E-state index contributed by atoms with van der Waals surface area (Å²) in [6, 6.07) is 54.9. The number of nitrogens with zero attached hydrogens (tertiary/aromatic N) is 5. The summed E-state index contributed by atoms with van der Waals surface area (Å²) < 4.78 is 2.20. The summed E-state index contributed by atoms with van der Waals surface area (Å²) in [6.45, 7) is 7.28. The van der Waals surface area contributed by atoms with E-state index in [0.29, 0.717) is 17.3 Å². The van der Waals surface area contributed by atoms with Crippen molar-refractivity contribution in [3.8, 4) is 39.5 Å². The van der Waals surface area contributed by atoms with E-state index in [4.69, 9.17) is 21.5 Å². The van der Waals surface area contributed by atoms with Crippen molar-refractivity contribution in [3.63, 3.8) is 0 Å². The van der Waals surface area contributed by atoms with Gasteiger partial charge < -0.3 is 0 Å². The summed E-state index contributed by atoms with van der Waals surface area (Å²) in [7, 11) is 0. The number of hydrogen-bond donors (Lipinski definition) is 0. The molecular weight excluding hydrogens is 623 g/mol. The Kier molecular flexibility index (Phi) is 6.48. The molecule has 51 heavy (non-hydrogen) atoms. The average Bonchev–Trinajstić information content (AvgIpc) is 3.52. The third-order valence-electron chi connectivity index (χ3n) is 9.87. The molecule has 0 aliphatic rings. The number of pyridine rings is 1. The minimum atomic E-state index is 0.570. The summed E-state index contributed by atoms with van der Waals surface area (Å²) in [5, 5.41) is 7.96. The predicted octanol–water partition coefficient (Wildman–Crippen LogP) is 12.0. The van der Waals surface area contributed by atoms with E-state index in [2.05, 4.69) is 131 Å². The van der Waals surface area contributed by atoms with E-state index in [1.54, 1.807) is 6.20 Å². The first-order chi connectivity index (χ1) is 25.2. The number of aromatic nitrogens is 4. The van der Waals surface area contributed by atoms with E-state index in [1.807, 2.05) is 36.4 Å². The molecule has 5 nitrogen and oxygen atoms in total. The average molecular weight is 650 g/mol. The van der Waals surface area contributed by atoms with Crippen molar-refractivity contribution in [3.05, 3.63) is 175 Å². The lowest BCUT2D eigenvalue weighted by molar-refractivity contribution is 1.01. The fourth-order valence-electron chi connectivity index (χ4n) is 7.39. The van der Waals surface area contributed by atoms with Gasteiger partial charge in [0, 0.05) is 27.9 Å². The molecule has 7 aromatic carbocycles. The zero-order valence-electron chi connectivity index (χ0n) is 27.3. The van der Waals surface area contributed by atoms with Crippen LogP contribution in [0.4, 0.5) is 5.69 Å². The lowest BCUT2D eigenvalue weighted by atomic mass is 9.96. The Morgan fingerprint density at radius 3 is 1.92 bits per heavy atom. The molecular formula is C46H27N5. The normalized spacial score (nSPS) is 11.5. The maximum atomic E-state index is 7.28. The number of hydrogen-bond acceptors (Lipinski definition) is 3. The van der Waals surface area contributed by atoms with Crippen LogP contribution in [0.15, 0.2) is 164 Å². The topological polar surface area (TPSA) is 48.0 Å². The van der Waals surface area contributed by atoms with Crippen molar-refractivity contribution < 1.29 is 0 Å². The second-order valence-corrected chi connectivity index (χ2v) is 12.8. The highest BCUT2D eigenvalue weighted by molar-refractivity contribution is 6.19. The summed E-state index contributed by atoms with van der Waals surface area (Å²) in [5.74, 6) is 0.570. The van der Waals surface area contributed by atoms with Crippen LogP contribution in [0.5, 0.6) is 0 Å². The number of benzene rings is 7. The van der Waals surface area contributed by atoms with Crippen LogP contribution in [0.25, 0.3) is 98.7 Å². The molecule has 236 valence electrons. The number of rotatable bonds is 4. The van der Waals surface area contributed by atoms with Gasteiger partial charge in [-0.3, -0.25) is 4.57 Å². The van der Waals surface area contributed by atoms with Gasteiger partial charge in [-0.2, -0.15) is 4.98 Å². The summed E-state index contributed by atoms with van der Waals surface area (Å²) >= 11 is 0. The second kappa shape index (κ2) is 11.5. The van der Waals surface area contributed by atoms with E-state index >= 15 is 0 Å². The smallest absolute Gasteiger partial charge is 0.237 e. The van der Waals surface area contributed by atoms with E-state index in [0.717, 1.165) is 66.1 Å². The van der Waals surface area contributed by atoms with Crippen molar-refractivity contribution >= 4 is 60.1 Å². The van der Waals surface area contributed by atoms with Crippen molar-refractivity contribution in [2.45, 2.75) is 0 Å². The van der Waals surface area contributed by atoms with Crippen LogP contribution in [0.2, 0.25) is 0 Å². The van der Waals surface area contributed by atoms with Crippen molar-refractivity contribution in [1.82, 2.24) is 19.5 Å². The Bertz CT molecular complexity index is 3020. The molecule has 3 aromatic heterocycles. The van der Waals surface area contributed by atoms with Crippen LogP contribution < -0.4 is 0 Å². The zero-order valence-corrected chi connectivity index (χ0v) is 27.3. The monoisotopic (exact) mass is 649 g/mol. The van der Waals surface area contributed by atoms with Gasteiger partial charge >= 0.3 is 0 Å². The first-order valence-corrected chi connectivity index (χ1v) is 16.9. The molecule has 0 atom stereocenters. The molecule has 0 spiro atoms. The third-order valence-corrected chi connectivity index (χ3v) is 9.87. The second-order valence-electron chi connectivity index (χ2n) is 12.8. The maximum Gasteiger partial charge on any atom is 0.237 e.